The van der Waals surface area contributed by atoms with Crippen LogP contribution in [0.1, 0.15) is 16.8 Å². The van der Waals surface area contributed by atoms with Gasteiger partial charge in [0.05, 0.1) is 5.56 Å². The minimum absolute atomic E-state index is 0.641. The molecule has 18 heavy (non-hydrogen) atoms. The van der Waals surface area contributed by atoms with E-state index in [1.165, 1.54) is 6.07 Å². The fourth-order valence-electron chi connectivity index (χ4n) is 1.66. The molecule has 0 fully saturated rings. The minimum atomic E-state index is -4.31. The lowest BCUT2D eigenvalue weighted by atomic mass is 10.1. The lowest BCUT2D eigenvalue weighted by Crippen LogP contribution is -2.06. The first kappa shape index (κ1) is 12.6. The van der Waals surface area contributed by atoms with Crippen LogP contribution in [0.25, 0.3) is 0 Å². The standard InChI is InChI=1S/C14H12F3N/c15-14(16,17)12-7-9-13(18-10-12)8-6-11-4-2-1-3-5-11/h1-5,7,9-10H,6,8H2. The largest absolute Gasteiger partial charge is 0.417 e. The molecule has 0 aliphatic rings. The molecule has 1 nitrogen and oxygen atoms in total. The van der Waals surface area contributed by atoms with Crippen molar-refractivity contribution in [1.29, 1.82) is 0 Å². The number of alkyl halides is 3. The van der Waals surface area contributed by atoms with E-state index in [-0.39, 0.29) is 0 Å². The molecule has 0 radical (unpaired) electrons. The van der Waals surface area contributed by atoms with Gasteiger partial charge in [-0.15, -0.1) is 0 Å². The molecule has 1 aromatic heterocycles. The highest BCUT2D eigenvalue weighted by Crippen LogP contribution is 2.28. The quantitative estimate of drug-likeness (QED) is 0.806. The van der Waals surface area contributed by atoms with Crippen LogP contribution >= 0.6 is 0 Å². The number of rotatable bonds is 3. The molecule has 0 aliphatic carbocycles. The summed E-state index contributed by atoms with van der Waals surface area (Å²) in [5, 5.41) is 0. The number of hydrogen-bond acceptors (Lipinski definition) is 1. The van der Waals surface area contributed by atoms with Gasteiger partial charge in [0.1, 0.15) is 0 Å². The summed E-state index contributed by atoms with van der Waals surface area (Å²) in [5.74, 6) is 0. The first-order chi connectivity index (χ1) is 8.55. The molecule has 0 spiro atoms. The van der Waals surface area contributed by atoms with Crippen LogP contribution in [-0.4, -0.2) is 4.98 Å². The zero-order valence-electron chi connectivity index (χ0n) is 9.61. The van der Waals surface area contributed by atoms with E-state index in [2.05, 4.69) is 4.98 Å². The van der Waals surface area contributed by atoms with Gasteiger partial charge in [-0.05, 0) is 30.5 Å². The van der Waals surface area contributed by atoms with Crippen molar-refractivity contribution in [2.75, 3.05) is 0 Å². The van der Waals surface area contributed by atoms with Crippen LogP contribution in [0.15, 0.2) is 48.7 Å². The van der Waals surface area contributed by atoms with Gasteiger partial charge in [0.25, 0.3) is 0 Å². The minimum Gasteiger partial charge on any atom is -0.261 e. The normalized spacial score (nSPS) is 11.5. The molecule has 0 saturated heterocycles. The van der Waals surface area contributed by atoms with Gasteiger partial charge in [-0.3, -0.25) is 4.98 Å². The van der Waals surface area contributed by atoms with Crippen LogP contribution in [0, 0.1) is 0 Å². The van der Waals surface area contributed by atoms with E-state index < -0.39 is 11.7 Å². The van der Waals surface area contributed by atoms with Crippen LogP contribution in [0.3, 0.4) is 0 Å². The first-order valence-electron chi connectivity index (χ1n) is 5.62. The van der Waals surface area contributed by atoms with Gasteiger partial charge in [-0.25, -0.2) is 0 Å². The van der Waals surface area contributed by atoms with Crippen molar-refractivity contribution in [2.24, 2.45) is 0 Å². The number of halogens is 3. The molecule has 0 amide bonds. The van der Waals surface area contributed by atoms with Crippen molar-refractivity contribution in [3.05, 3.63) is 65.5 Å². The molecule has 1 heterocycles. The van der Waals surface area contributed by atoms with E-state index >= 15 is 0 Å². The average Bonchev–Trinajstić information content (AvgIpc) is 2.37. The average molecular weight is 251 g/mol. The highest BCUT2D eigenvalue weighted by molar-refractivity contribution is 5.19. The van der Waals surface area contributed by atoms with Crippen LogP contribution in [0.2, 0.25) is 0 Å². The van der Waals surface area contributed by atoms with Crippen molar-refractivity contribution >= 4 is 0 Å². The Bertz CT molecular complexity index is 489. The second kappa shape index (κ2) is 5.21. The monoisotopic (exact) mass is 251 g/mol. The summed E-state index contributed by atoms with van der Waals surface area (Å²) in [5.41, 5.74) is 1.12. The van der Waals surface area contributed by atoms with E-state index in [1.54, 1.807) is 0 Å². The third-order valence-corrected chi connectivity index (χ3v) is 2.66. The molecule has 2 aromatic rings. The van der Waals surface area contributed by atoms with E-state index in [0.29, 0.717) is 12.1 Å². The number of pyridine rings is 1. The number of hydrogen-bond donors (Lipinski definition) is 0. The zero-order chi connectivity index (χ0) is 13.0. The molecule has 0 unspecified atom stereocenters. The summed E-state index contributed by atoms with van der Waals surface area (Å²) in [6, 6.07) is 12.3. The number of nitrogens with zero attached hydrogens (tertiary/aromatic N) is 1. The van der Waals surface area contributed by atoms with Gasteiger partial charge >= 0.3 is 6.18 Å². The van der Waals surface area contributed by atoms with Gasteiger partial charge in [-0.1, -0.05) is 30.3 Å². The maximum Gasteiger partial charge on any atom is 0.417 e. The van der Waals surface area contributed by atoms with Crippen molar-refractivity contribution in [2.45, 2.75) is 19.0 Å². The summed E-state index contributed by atoms with van der Waals surface area (Å²) in [7, 11) is 0. The lowest BCUT2D eigenvalue weighted by Gasteiger charge is -2.06. The van der Waals surface area contributed by atoms with Gasteiger partial charge in [0.2, 0.25) is 0 Å². The van der Waals surface area contributed by atoms with Crippen molar-refractivity contribution in [1.82, 2.24) is 4.98 Å². The van der Waals surface area contributed by atoms with Gasteiger partial charge in [0, 0.05) is 11.9 Å². The summed E-state index contributed by atoms with van der Waals surface area (Å²) in [6.07, 6.45) is -2.01. The van der Waals surface area contributed by atoms with Gasteiger partial charge in [-0.2, -0.15) is 13.2 Å². The van der Waals surface area contributed by atoms with Crippen LogP contribution in [-0.2, 0) is 19.0 Å². The van der Waals surface area contributed by atoms with Crippen LogP contribution in [0.4, 0.5) is 13.2 Å². The summed E-state index contributed by atoms with van der Waals surface area (Å²) in [6.45, 7) is 0. The Morgan fingerprint density at radius 2 is 1.61 bits per heavy atom. The Balaban J connectivity index is 1.99. The molecule has 0 atom stereocenters. The lowest BCUT2D eigenvalue weighted by molar-refractivity contribution is -0.137. The number of aromatic nitrogens is 1. The third kappa shape index (κ3) is 3.32. The Morgan fingerprint density at radius 1 is 0.889 bits per heavy atom. The summed E-state index contributed by atoms with van der Waals surface area (Å²) in [4.78, 5) is 3.84. The Hall–Kier alpha value is -1.84. The first-order valence-corrected chi connectivity index (χ1v) is 5.62. The Morgan fingerprint density at radius 3 is 2.17 bits per heavy atom. The second-order valence-electron chi connectivity index (χ2n) is 4.02. The van der Waals surface area contributed by atoms with E-state index in [4.69, 9.17) is 0 Å². The van der Waals surface area contributed by atoms with Crippen molar-refractivity contribution in [3.63, 3.8) is 0 Å². The Kier molecular flexibility index (Phi) is 3.65. The molecule has 0 aliphatic heterocycles. The maximum atomic E-state index is 12.3. The highest BCUT2D eigenvalue weighted by atomic mass is 19.4. The fraction of sp³-hybridized carbons (Fsp3) is 0.214. The molecule has 0 N–H and O–H groups in total. The zero-order valence-corrected chi connectivity index (χ0v) is 9.61. The Labute approximate surface area is 103 Å². The van der Waals surface area contributed by atoms with E-state index in [0.717, 1.165) is 24.2 Å². The highest BCUT2D eigenvalue weighted by Gasteiger charge is 2.30. The molecule has 2 rings (SSSR count). The second-order valence-corrected chi connectivity index (χ2v) is 4.02. The molecular weight excluding hydrogens is 239 g/mol. The fourth-order valence-corrected chi connectivity index (χ4v) is 1.66. The third-order valence-electron chi connectivity index (χ3n) is 2.66. The van der Waals surface area contributed by atoms with Gasteiger partial charge in [0.15, 0.2) is 0 Å². The predicted octanol–water partition coefficient (Wildman–Crippen LogP) is 3.89. The van der Waals surface area contributed by atoms with Crippen molar-refractivity contribution < 1.29 is 13.2 Å². The maximum absolute atomic E-state index is 12.3. The molecule has 4 heteroatoms. The number of aryl methyl sites for hydroxylation is 2. The molecule has 0 bridgehead atoms. The van der Waals surface area contributed by atoms with E-state index in [9.17, 15) is 13.2 Å². The summed E-state index contributed by atoms with van der Waals surface area (Å²) < 4.78 is 37.0. The smallest absolute Gasteiger partial charge is 0.261 e. The van der Waals surface area contributed by atoms with Crippen molar-refractivity contribution in [3.8, 4) is 0 Å². The number of benzene rings is 1. The molecule has 0 saturated carbocycles. The van der Waals surface area contributed by atoms with Crippen LogP contribution in [0.5, 0.6) is 0 Å². The SMILES string of the molecule is FC(F)(F)c1ccc(CCc2ccccc2)nc1. The van der Waals surface area contributed by atoms with Gasteiger partial charge < -0.3 is 0 Å². The summed E-state index contributed by atoms with van der Waals surface area (Å²) >= 11 is 0. The van der Waals surface area contributed by atoms with Crippen LogP contribution < -0.4 is 0 Å². The van der Waals surface area contributed by atoms with E-state index in [1.807, 2.05) is 30.3 Å². The molecule has 1 aromatic carbocycles. The molecule has 94 valence electrons. The topological polar surface area (TPSA) is 12.9 Å². The predicted molar refractivity (Wildman–Crippen MR) is 63.1 cm³/mol. The molecular formula is C14H12F3N.